The maximum absolute atomic E-state index is 12.3. The molecule has 39 heavy (non-hydrogen) atoms. The van der Waals surface area contributed by atoms with Gasteiger partial charge >= 0.3 is 0 Å². The molecule has 6 nitrogen and oxygen atoms in total. The molecule has 0 atom stereocenters. The van der Waals surface area contributed by atoms with Crippen LogP contribution in [0.4, 0.5) is 5.69 Å². The molecule has 1 heterocycles. The monoisotopic (exact) mass is 526 g/mol. The fourth-order valence-corrected chi connectivity index (χ4v) is 4.64. The number of hydrogen-bond acceptors (Lipinski definition) is 4. The van der Waals surface area contributed by atoms with Crippen molar-refractivity contribution >= 4 is 17.5 Å². The fourth-order valence-electron chi connectivity index (χ4n) is 4.64. The van der Waals surface area contributed by atoms with Gasteiger partial charge in [-0.15, -0.1) is 0 Å². The summed E-state index contributed by atoms with van der Waals surface area (Å²) >= 11 is 0. The van der Waals surface area contributed by atoms with Crippen molar-refractivity contribution in [3.63, 3.8) is 0 Å². The predicted octanol–water partition coefficient (Wildman–Crippen LogP) is 8.51. The quantitative estimate of drug-likeness (QED) is 0.131. The van der Waals surface area contributed by atoms with Crippen LogP contribution in [0.1, 0.15) is 91.0 Å². The Morgan fingerprint density at radius 2 is 1.69 bits per heavy atom. The highest BCUT2D eigenvalue weighted by Gasteiger charge is 2.38. The first kappa shape index (κ1) is 31.4. The zero-order valence-electron chi connectivity index (χ0n) is 24.2. The number of ether oxygens (including phenoxy) is 1. The van der Waals surface area contributed by atoms with Crippen molar-refractivity contribution in [3.05, 3.63) is 81.5 Å². The van der Waals surface area contributed by atoms with Crippen LogP contribution in [0.15, 0.2) is 53.1 Å². The van der Waals surface area contributed by atoms with E-state index in [-0.39, 0.29) is 17.2 Å². The Labute approximate surface area is 235 Å². The van der Waals surface area contributed by atoms with Gasteiger partial charge in [0.15, 0.2) is 0 Å². The predicted molar refractivity (Wildman–Crippen MR) is 158 cm³/mol. The van der Waals surface area contributed by atoms with Crippen LogP contribution in [0.5, 0.6) is 0 Å². The van der Waals surface area contributed by atoms with Gasteiger partial charge in [0.25, 0.3) is 5.70 Å². The number of ketones is 1. The number of carbonyl (C=O) groups is 1. The summed E-state index contributed by atoms with van der Waals surface area (Å²) in [4.78, 5) is 21.2. The number of unbranched alkanes of at least 4 members (excludes halogenated alkanes) is 4. The van der Waals surface area contributed by atoms with Crippen LogP contribution in [-0.4, -0.2) is 25.0 Å². The van der Waals surface area contributed by atoms with Crippen molar-refractivity contribution in [3.8, 4) is 6.07 Å². The van der Waals surface area contributed by atoms with Crippen molar-refractivity contribution < 1.29 is 9.53 Å². The van der Waals surface area contributed by atoms with E-state index in [4.69, 9.17) is 17.9 Å². The molecule has 0 spiro atoms. The van der Waals surface area contributed by atoms with E-state index in [0.29, 0.717) is 24.2 Å². The Balaban J connectivity index is 1.85. The molecule has 0 bridgehead atoms. The molecule has 0 radical (unpaired) electrons. The second kappa shape index (κ2) is 15.6. The van der Waals surface area contributed by atoms with Crippen molar-refractivity contribution in [1.29, 1.82) is 5.26 Å². The molecule has 206 valence electrons. The highest BCUT2D eigenvalue weighted by atomic mass is 16.5. The van der Waals surface area contributed by atoms with Gasteiger partial charge < -0.3 is 9.64 Å². The molecule has 0 aromatic heterocycles. The first-order valence-corrected chi connectivity index (χ1v) is 14.0. The van der Waals surface area contributed by atoms with Gasteiger partial charge in [-0.2, -0.15) is 0 Å². The van der Waals surface area contributed by atoms with E-state index in [0.717, 1.165) is 43.0 Å². The summed E-state index contributed by atoms with van der Waals surface area (Å²) in [6.45, 7) is 23.8. The summed E-state index contributed by atoms with van der Waals surface area (Å²) in [5, 5.41) is 9.23. The first-order valence-electron chi connectivity index (χ1n) is 14.0. The molecular formula is C33H42N4O2. The lowest BCUT2D eigenvalue weighted by molar-refractivity contribution is -0.119. The van der Waals surface area contributed by atoms with E-state index >= 15 is 0 Å². The second-order valence-corrected chi connectivity index (χ2v) is 11.1. The standard InChI is InChI=1S/C33H42N4O2/c1-25(2)14-11-9-8-10-12-15-28(38)16-13-23-37(7)27-20-17-26(18-21-27)19-22-29-31(36-6)32(30(24-34)35-5)39-33(29,3)4/h17-22,25H,8-16,23H2,1-4,7H3/b22-19+,32-30+. The molecule has 1 aromatic carbocycles. The summed E-state index contributed by atoms with van der Waals surface area (Å²) in [6.07, 6.45) is 13.2. The lowest BCUT2D eigenvalue weighted by Crippen LogP contribution is -2.20. The van der Waals surface area contributed by atoms with Crippen LogP contribution >= 0.6 is 0 Å². The van der Waals surface area contributed by atoms with Crippen LogP contribution in [0, 0.1) is 30.4 Å². The molecular weight excluding hydrogens is 484 g/mol. The van der Waals surface area contributed by atoms with E-state index in [1.807, 2.05) is 63.4 Å². The normalized spacial score (nSPS) is 15.6. The average molecular weight is 527 g/mol. The average Bonchev–Trinajstić information content (AvgIpc) is 3.16. The van der Waals surface area contributed by atoms with Gasteiger partial charge in [0.2, 0.25) is 5.70 Å². The number of anilines is 1. The fraction of sp³-hybridized carbons (Fsp3) is 0.515. The van der Waals surface area contributed by atoms with E-state index in [2.05, 4.69) is 28.4 Å². The highest BCUT2D eigenvalue weighted by molar-refractivity contribution is 5.78. The Bertz CT molecular complexity index is 1180. The zero-order chi connectivity index (χ0) is 28.8. The molecule has 1 aliphatic heterocycles. The van der Waals surface area contributed by atoms with E-state index in [1.165, 1.54) is 25.7 Å². The van der Waals surface area contributed by atoms with Gasteiger partial charge in [0.1, 0.15) is 17.1 Å². The SMILES string of the molecule is [C-]#[N+]C1=C(/C=C/c2ccc(N(C)CCCC(=O)CCCCCCCC(C)C)cc2)C(C)(C)O/C1=C(\C#N)[N+]#[C-]. The smallest absolute Gasteiger partial charge is 0.292 e. The van der Waals surface area contributed by atoms with Crippen molar-refractivity contribution in [1.82, 2.24) is 0 Å². The molecule has 6 heteroatoms. The second-order valence-electron chi connectivity index (χ2n) is 11.1. The molecule has 0 amide bonds. The molecule has 0 aliphatic carbocycles. The number of carbonyl (C=O) groups excluding carboxylic acids is 1. The Morgan fingerprint density at radius 1 is 1.05 bits per heavy atom. The number of hydrogen-bond donors (Lipinski definition) is 0. The van der Waals surface area contributed by atoms with Crippen LogP contribution < -0.4 is 4.90 Å². The van der Waals surface area contributed by atoms with Crippen LogP contribution in [-0.2, 0) is 9.53 Å². The molecule has 2 rings (SSSR count). The van der Waals surface area contributed by atoms with Gasteiger partial charge in [-0.1, -0.05) is 70.2 Å². The summed E-state index contributed by atoms with van der Waals surface area (Å²) in [7, 11) is 2.04. The molecule has 0 N–H and O–H groups in total. The first-order chi connectivity index (χ1) is 18.6. The molecule has 0 fully saturated rings. The highest BCUT2D eigenvalue weighted by Crippen LogP contribution is 2.41. The van der Waals surface area contributed by atoms with Gasteiger partial charge in [0, 0.05) is 37.7 Å². The Morgan fingerprint density at radius 3 is 2.31 bits per heavy atom. The molecule has 1 aromatic rings. The molecule has 0 saturated heterocycles. The minimum atomic E-state index is -0.816. The molecule has 0 unspecified atom stereocenters. The summed E-state index contributed by atoms with van der Waals surface area (Å²) in [5.41, 5.74) is 1.86. The van der Waals surface area contributed by atoms with Crippen LogP contribution in [0.25, 0.3) is 15.8 Å². The number of nitrogens with zero attached hydrogens (tertiary/aromatic N) is 4. The maximum atomic E-state index is 12.3. The minimum Gasteiger partial charge on any atom is -0.505 e. The topological polar surface area (TPSA) is 62.1 Å². The van der Waals surface area contributed by atoms with E-state index in [1.54, 1.807) is 0 Å². The van der Waals surface area contributed by atoms with Gasteiger partial charge in [-0.05, 0) is 50.3 Å². The Hall–Kier alpha value is -3.82. The largest absolute Gasteiger partial charge is 0.505 e. The van der Waals surface area contributed by atoms with Crippen molar-refractivity contribution in [2.24, 2.45) is 5.92 Å². The lowest BCUT2D eigenvalue weighted by atomic mass is 9.96. The number of rotatable bonds is 15. The number of benzene rings is 1. The Kier molecular flexibility index (Phi) is 12.5. The van der Waals surface area contributed by atoms with Gasteiger partial charge in [-0.3, -0.25) is 4.79 Å². The third kappa shape index (κ3) is 9.77. The van der Waals surface area contributed by atoms with Crippen molar-refractivity contribution in [2.75, 3.05) is 18.5 Å². The third-order valence-electron chi connectivity index (χ3n) is 6.98. The number of allylic oxidation sites excluding steroid dienone is 1. The molecule has 0 saturated carbocycles. The lowest BCUT2D eigenvalue weighted by Gasteiger charge is -2.22. The summed E-state index contributed by atoms with van der Waals surface area (Å²) in [5.74, 6) is 1.21. The molecule has 1 aliphatic rings. The van der Waals surface area contributed by atoms with Crippen LogP contribution in [0.3, 0.4) is 0 Å². The summed E-state index contributed by atoms with van der Waals surface area (Å²) < 4.78 is 5.82. The maximum Gasteiger partial charge on any atom is 0.292 e. The van der Waals surface area contributed by atoms with Crippen LogP contribution in [0.2, 0.25) is 0 Å². The summed E-state index contributed by atoms with van der Waals surface area (Å²) in [6, 6.07) is 9.92. The van der Waals surface area contributed by atoms with Gasteiger partial charge in [-0.25, -0.2) is 15.0 Å². The minimum absolute atomic E-state index is 0.0553. The van der Waals surface area contributed by atoms with Gasteiger partial charge in [0.05, 0.1) is 19.2 Å². The zero-order valence-corrected chi connectivity index (χ0v) is 24.2. The van der Waals surface area contributed by atoms with Crippen molar-refractivity contribution in [2.45, 2.75) is 91.1 Å². The number of nitriles is 1. The van der Waals surface area contributed by atoms with E-state index in [9.17, 15) is 10.1 Å². The van der Waals surface area contributed by atoms with E-state index < -0.39 is 5.60 Å². The third-order valence-corrected chi connectivity index (χ3v) is 6.98. The number of Topliss-reactive ketones (excluding diaryl/α,β-unsaturated/α-hetero) is 1.